The van der Waals surface area contributed by atoms with Crippen LogP contribution in [0.25, 0.3) is 0 Å². The Morgan fingerprint density at radius 3 is 2.50 bits per heavy atom. The molecule has 0 aromatic heterocycles. The van der Waals surface area contributed by atoms with Gasteiger partial charge >= 0.3 is 13.2 Å². The Kier molecular flexibility index (Phi) is 7.09. The fourth-order valence-corrected chi connectivity index (χ4v) is 3.28. The van der Waals surface area contributed by atoms with Crippen molar-refractivity contribution in [2.24, 2.45) is 0 Å². The Morgan fingerprint density at radius 2 is 1.92 bits per heavy atom. The molecule has 1 aromatic carbocycles. The fourth-order valence-electron chi connectivity index (χ4n) is 3.28. The molecule has 1 aliphatic rings. The molecule has 3 N–H and O–H groups in total. The van der Waals surface area contributed by atoms with Crippen molar-refractivity contribution in [3.05, 3.63) is 29.8 Å². The highest BCUT2D eigenvalue weighted by Gasteiger charge is 2.29. The second-order valence-electron chi connectivity index (χ2n) is 8.10. The fraction of sp³-hybridized carbons (Fsp3) is 0.632. The maximum atomic E-state index is 12.2. The summed E-state index contributed by atoms with van der Waals surface area (Å²) < 4.78 is 5.45. The van der Waals surface area contributed by atoms with Crippen molar-refractivity contribution in [3.8, 4) is 0 Å². The van der Waals surface area contributed by atoms with Gasteiger partial charge < -0.3 is 25.0 Å². The Bertz CT molecular complexity index is 595. The molecule has 0 atom stereocenters. The predicted octanol–water partition coefficient (Wildman–Crippen LogP) is 1.63. The largest absolute Gasteiger partial charge is 0.488 e. The SMILES string of the molecule is CN(C(=O)OC(C)(C)C)C1CCC(NCc2cccc(B(O)O)c2)CC1. The number of rotatable bonds is 5. The summed E-state index contributed by atoms with van der Waals surface area (Å²) in [5.41, 5.74) is 1.07. The molecule has 1 saturated carbocycles. The van der Waals surface area contributed by atoms with Gasteiger partial charge in [-0.3, -0.25) is 0 Å². The number of carbonyl (C=O) groups excluding carboxylic acids is 1. The van der Waals surface area contributed by atoms with Crippen molar-refractivity contribution in [3.63, 3.8) is 0 Å². The number of benzene rings is 1. The van der Waals surface area contributed by atoms with Crippen LogP contribution in [0.15, 0.2) is 24.3 Å². The molecule has 0 aliphatic heterocycles. The van der Waals surface area contributed by atoms with Crippen LogP contribution in [0.4, 0.5) is 4.79 Å². The molecule has 7 heteroatoms. The summed E-state index contributed by atoms with van der Waals surface area (Å²) in [6.07, 6.45) is 3.64. The van der Waals surface area contributed by atoms with Gasteiger partial charge in [-0.05, 0) is 57.5 Å². The smallest absolute Gasteiger partial charge is 0.444 e. The molecular weight excluding hydrogens is 331 g/mol. The normalized spacial score (nSPS) is 20.5. The van der Waals surface area contributed by atoms with E-state index in [1.54, 1.807) is 17.0 Å². The van der Waals surface area contributed by atoms with Gasteiger partial charge in [-0.15, -0.1) is 0 Å². The zero-order valence-electron chi connectivity index (χ0n) is 16.2. The van der Waals surface area contributed by atoms with Crippen LogP contribution in [0, 0.1) is 0 Å². The third-order valence-electron chi connectivity index (χ3n) is 4.77. The molecule has 1 fully saturated rings. The summed E-state index contributed by atoms with van der Waals surface area (Å²) in [5, 5.41) is 22.0. The lowest BCUT2D eigenvalue weighted by molar-refractivity contribution is 0.0179. The molecule has 0 unspecified atom stereocenters. The van der Waals surface area contributed by atoms with E-state index in [2.05, 4.69) is 5.32 Å². The van der Waals surface area contributed by atoms with Crippen LogP contribution in [0.5, 0.6) is 0 Å². The van der Waals surface area contributed by atoms with Crippen LogP contribution in [0.3, 0.4) is 0 Å². The van der Waals surface area contributed by atoms with Crippen molar-refractivity contribution < 1.29 is 19.6 Å². The first-order valence-electron chi connectivity index (χ1n) is 9.30. The van der Waals surface area contributed by atoms with Crippen molar-refractivity contribution >= 4 is 18.7 Å². The highest BCUT2D eigenvalue weighted by Crippen LogP contribution is 2.24. The molecule has 2 rings (SSSR count). The van der Waals surface area contributed by atoms with Gasteiger partial charge in [0.05, 0.1) is 0 Å². The molecule has 1 aromatic rings. The number of amides is 1. The van der Waals surface area contributed by atoms with E-state index >= 15 is 0 Å². The third-order valence-corrected chi connectivity index (χ3v) is 4.77. The van der Waals surface area contributed by atoms with E-state index in [0.717, 1.165) is 31.2 Å². The van der Waals surface area contributed by atoms with Crippen molar-refractivity contribution in [2.45, 2.75) is 70.7 Å². The molecule has 26 heavy (non-hydrogen) atoms. The van der Waals surface area contributed by atoms with Gasteiger partial charge in [-0.1, -0.05) is 24.3 Å². The zero-order chi connectivity index (χ0) is 19.3. The summed E-state index contributed by atoms with van der Waals surface area (Å²) in [6, 6.07) is 7.93. The summed E-state index contributed by atoms with van der Waals surface area (Å²) in [4.78, 5) is 13.9. The molecule has 0 spiro atoms. The maximum Gasteiger partial charge on any atom is 0.488 e. The average molecular weight is 362 g/mol. The number of nitrogens with zero attached hydrogens (tertiary/aromatic N) is 1. The predicted molar refractivity (Wildman–Crippen MR) is 103 cm³/mol. The van der Waals surface area contributed by atoms with E-state index in [4.69, 9.17) is 4.74 Å². The first-order chi connectivity index (χ1) is 12.2. The van der Waals surface area contributed by atoms with Gasteiger partial charge in [-0.2, -0.15) is 0 Å². The average Bonchev–Trinajstić information content (AvgIpc) is 2.58. The molecule has 0 bridgehead atoms. The summed E-state index contributed by atoms with van der Waals surface area (Å²) in [7, 11) is 0.381. The molecule has 0 saturated heterocycles. The molecular formula is C19H31BN2O4. The second-order valence-corrected chi connectivity index (χ2v) is 8.10. The van der Waals surface area contributed by atoms with Crippen LogP contribution in [-0.2, 0) is 11.3 Å². The van der Waals surface area contributed by atoms with Gasteiger partial charge in [0.15, 0.2) is 0 Å². The minimum Gasteiger partial charge on any atom is -0.444 e. The van der Waals surface area contributed by atoms with Crippen molar-refractivity contribution in [1.82, 2.24) is 10.2 Å². The number of carbonyl (C=O) groups is 1. The second kappa shape index (κ2) is 8.89. The van der Waals surface area contributed by atoms with E-state index in [1.807, 2.05) is 40.0 Å². The standard InChI is InChI=1S/C19H31BN2O4/c1-19(2,3)26-18(23)22(4)17-10-8-16(9-11-17)21-13-14-6-5-7-15(12-14)20(24)25/h5-7,12,16-17,21,24-25H,8-11,13H2,1-4H3. The molecule has 1 aliphatic carbocycles. The summed E-state index contributed by atoms with van der Waals surface area (Å²) >= 11 is 0. The first-order valence-corrected chi connectivity index (χ1v) is 9.30. The maximum absolute atomic E-state index is 12.2. The number of nitrogens with one attached hydrogen (secondary N) is 1. The quantitative estimate of drug-likeness (QED) is 0.694. The zero-order valence-corrected chi connectivity index (χ0v) is 16.2. The van der Waals surface area contributed by atoms with E-state index in [-0.39, 0.29) is 12.1 Å². The number of hydrogen-bond donors (Lipinski definition) is 3. The Hall–Kier alpha value is -1.57. The first kappa shape index (κ1) is 20.7. The minimum atomic E-state index is -1.44. The van der Waals surface area contributed by atoms with Crippen LogP contribution < -0.4 is 10.8 Å². The molecule has 0 radical (unpaired) electrons. The van der Waals surface area contributed by atoms with E-state index in [0.29, 0.717) is 18.0 Å². The van der Waals surface area contributed by atoms with Crippen molar-refractivity contribution in [2.75, 3.05) is 7.05 Å². The minimum absolute atomic E-state index is 0.218. The van der Waals surface area contributed by atoms with E-state index in [1.165, 1.54) is 0 Å². The molecule has 144 valence electrons. The highest BCUT2D eigenvalue weighted by molar-refractivity contribution is 6.58. The van der Waals surface area contributed by atoms with Gasteiger partial charge in [-0.25, -0.2) is 4.79 Å². The lowest BCUT2D eigenvalue weighted by Gasteiger charge is -2.35. The van der Waals surface area contributed by atoms with Crippen LogP contribution >= 0.6 is 0 Å². The van der Waals surface area contributed by atoms with Gasteiger partial charge in [0.25, 0.3) is 0 Å². The lowest BCUT2D eigenvalue weighted by Crippen LogP contribution is -2.45. The van der Waals surface area contributed by atoms with Gasteiger partial charge in [0, 0.05) is 25.7 Å². The Balaban J connectivity index is 1.78. The Morgan fingerprint density at radius 1 is 1.27 bits per heavy atom. The summed E-state index contributed by atoms with van der Waals surface area (Å²) in [6.45, 7) is 6.33. The molecule has 6 nitrogen and oxygen atoms in total. The van der Waals surface area contributed by atoms with Gasteiger partial charge in [0.2, 0.25) is 0 Å². The van der Waals surface area contributed by atoms with Gasteiger partial charge in [0.1, 0.15) is 5.60 Å². The highest BCUT2D eigenvalue weighted by atomic mass is 16.6. The van der Waals surface area contributed by atoms with E-state index in [9.17, 15) is 14.8 Å². The topological polar surface area (TPSA) is 82.0 Å². The molecule has 1 amide bonds. The number of hydrogen-bond acceptors (Lipinski definition) is 5. The molecule has 0 heterocycles. The lowest BCUT2D eigenvalue weighted by atomic mass is 9.79. The third kappa shape index (κ3) is 6.30. The van der Waals surface area contributed by atoms with Crippen molar-refractivity contribution in [1.29, 1.82) is 0 Å². The monoisotopic (exact) mass is 362 g/mol. The summed E-state index contributed by atoms with van der Waals surface area (Å²) in [5.74, 6) is 0. The van der Waals surface area contributed by atoms with Crippen LogP contribution in [-0.4, -0.2) is 52.9 Å². The van der Waals surface area contributed by atoms with Crippen LogP contribution in [0.1, 0.15) is 52.0 Å². The van der Waals surface area contributed by atoms with Crippen LogP contribution in [0.2, 0.25) is 0 Å². The Labute approximate surface area is 156 Å². The van der Waals surface area contributed by atoms with E-state index < -0.39 is 12.7 Å². The number of ether oxygens (including phenoxy) is 1.